The predicted octanol–water partition coefficient (Wildman–Crippen LogP) is 6.87. The van der Waals surface area contributed by atoms with Crippen LogP contribution in [-0.2, 0) is 4.79 Å². The maximum atomic E-state index is 12.8. The molecule has 4 rings (SSSR count). The zero-order valence-corrected chi connectivity index (χ0v) is 27.6. The lowest BCUT2D eigenvalue weighted by molar-refractivity contribution is -0.129. The number of anilines is 1. The SMILES string of the molecule is CCCCOc1ccc(C2=NC(c3ccccc3OC)=NC2=Nc2ccc(N(CC)CC(=O)N(CC)CC)cc2C)c(OC)c1. The van der Waals surface area contributed by atoms with Gasteiger partial charge >= 0.3 is 0 Å². The van der Waals surface area contributed by atoms with Crippen LogP contribution in [0.3, 0.4) is 0 Å². The van der Waals surface area contributed by atoms with Crippen molar-refractivity contribution in [1.29, 1.82) is 0 Å². The van der Waals surface area contributed by atoms with Crippen LogP contribution in [0.5, 0.6) is 17.2 Å². The standard InChI is InChI=1S/C36H45N5O4/c1-8-12-21-45-27-18-19-28(32(23-27)44-7)34-36(39-35(38-34)29-15-13-14-16-31(29)43-6)37-30-20-17-26(22-25(30)5)41(11-4)24-33(42)40(9-2)10-3/h13-20,22-23H,8-12,21,24H2,1-7H3. The van der Waals surface area contributed by atoms with Crippen molar-refractivity contribution in [2.75, 3.05) is 51.9 Å². The molecule has 3 aromatic rings. The molecule has 3 aromatic carbocycles. The lowest BCUT2D eigenvalue weighted by atomic mass is 10.1. The summed E-state index contributed by atoms with van der Waals surface area (Å²) in [5.74, 6) is 3.12. The predicted molar refractivity (Wildman–Crippen MR) is 184 cm³/mol. The number of hydrogen-bond acceptors (Lipinski definition) is 7. The Labute approximate surface area is 267 Å². The number of ether oxygens (including phenoxy) is 3. The average Bonchev–Trinajstić information content (AvgIpc) is 3.48. The first-order chi connectivity index (χ1) is 21.9. The molecule has 0 fully saturated rings. The molecule has 1 amide bonds. The Balaban J connectivity index is 1.74. The lowest BCUT2D eigenvalue weighted by Crippen LogP contribution is -2.40. The number of likely N-dealkylation sites (N-methyl/N-ethyl adjacent to an activating group) is 2. The van der Waals surface area contributed by atoms with Crippen LogP contribution in [0, 0.1) is 6.92 Å². The summed E-state index contributed by atoms with van der Waals surface area (Å²) < 4.78 is 17.4. The van der Waals surface area contributed by atoms with Gasteiger partial charge in [0.2, 0.25) is 5.91 Å². The Bertz CT molecular complexity index is 1580. The van der Waals surface area contributed by atoms with Gasteiger partial charge in [-0.1, -0.05) is 25.5 Å². The molecule has 0 saturated carbocycles. The Morgan fingerprint density at radius 3 is 2.27 bits per heavy atom. The fourth-order valence-corrected chi connectivity index (χ4v) is 5.14. The van der Waals surface area contributed by atoms with Gasteiger partial charge in [0.25, 0.3) is 0 Å². The first kappa shape index (κ1) is 33.2. The molecule has 0 aromatic heterocycles. The molecular formula is C36H45N5O4. The summed E-state index contributed by atoms with van der Waals surface area (Å²) in [4.78, 5) is 31.7. The zero-order valence-electron chi connectivity index (χ0n) is 27.6. The van der Waals surface area contributed by atoms with E-state index in [1.165, 1.54) is 0 Å². The van der Waals surface area contributed by atoms with Crippen LogP contribution < -0.4 is 19.1 Å². The minimum Gasteiger partial charge on any atom is -0.496 e. The van der Waals surface area contributed by atoms with Gasteiger partial charge in [-0.3, -0.25) is 4.79 Å². The number of amides is 1. The molecular weight excluding hydrogens is 566 g/mol. The normalized spacial score (nSPS) is 13.4. The number of methoxy groups -OCH3 is 2. The van der Waals surface area contributed by atoms with Crippen LogP contribution in [0.25, 0.3) is 0 Å². The fraction of sp³-hybridized carbons (Fsp3) is 0.389. The second kappa shape index (κ2) is 15.9. The van der Waals surface area contributed by atoms with Gasteiger partial charge < -0.3 is 24.0 Å². The first-order valence-electron chi connectivity index (χ1n) is 15.7. The van der Waals surface area contributed by atoms with Crippen molar-refractivity contribution in [3.05, 3.63) is 77.4 Å². The lowest BCUT2D eigenvalue weighted by Gasteiger charge is -2.27. The molecule has 9 nitrogen and oxygen atoms in total. The van der Waals surface area contributed by atoms with Crippen molar-refractivity contribution in [2.45, 2.75) is 47.5 Å². The molecule has 0 bridgehead atoms. The van der Waals surface area contributed by atoms with Crippen molar-refractivity contribution in [2.24, 2.45) is 15.0 Å². The maximum Gasteiger partial charge on any atom is 0.242 e. The summed E-state index contributed by atoms with van der Waals surface area (Å²) in [7, 11) is 3.27. The van der Waals surface area contributed by atoms with Gasteiger partial charge in [-0.2, -0.15) is 0 Å². The Kier molecular flexibility index (Phi) is 11.7. The summed E-state index contributed by atoms with van der Waals surface area (Å²) in [6.45, 7) is 13.3. The minimum atomic E-state index is 0.115. The molecule has 1 aliphatic rings. The smallest absolute Gasteiger partial charge is 0.242 e. The maximum absolute atomic E-state index is 12.8. The molecule has 0 saturated heterocycles. The van der Waals surface area contributed by atoms with Crippen LogP contribution in [-0.4, -0.2) is 75.2 Å². The number of nitrogens with zero attached hydrogens (tertiary/aromatic N) is 5. The number of carbonyl (C=O) groups is 1. The molecule has 0 spiro atoms. The van der Waals surface area contributed by atoms with E-state index < -0.39 is 0 Å². The summed E-state index contributed by atoms with van der Waals surface area (Å²) in [5.41, 5.74) is 4.81. The van der Waals surface area contributed by atoms with Gasteiger partial charge in [0.05, 0.1) is 38.6 Å². The Morgan fingerprint density at radius 2 is 1.60 bits per heavy atom. The van der Waals surface area contributed by atoms with Crippen LogP contribution in [0.1, 0.15) is 57.2 Å². The Morgan fingerprint density at radius 1 is 0.844 bits per heavy atom. The van der Waals surface area contributed by atoms with E-state index in [0.29, 0.717) is 61.7 Å². The Hall–Kier alpha value is -4.66. The average molecular weight is 612 g/mol. The summed E-state index contributed by atoms with van der Waals surface area (Å²) in [5, 5.41) is 0. The highest BCUT2D eigenvalue weighted by Gasteiger charge is 2.26. The molecule has 0 unspecified atom stereocenters. The highest BCUT2D eigenvalue weighted by Crippen LogP contribution is 2.31. The van der Waals surface area contributed by atoms with E-state index in [4.69, 9.17) is 29.2 Å². The summed E-state index contributed by atoms with van der Waals surface area (Å²) >= 11 is 0. The van der Waals surface area contributed by atoms with Gasteiger partial charge in [-0.25, -0.2) is 15.0 Å². The number of aryl methyl sites for hydroxylation is 1. The van der Waals surface area contributed by atoms with E-state index in [1.54, 1.807) is 14.2 Å². The van der Waals surface area contributed by atoms with E-state index in [9.17, 15) is 4.79 Å². The fourth-order valence-electron chi connectivity index (χ4n) is 5.14. The van der Waals surface area contributed by atoms with E-state index in [2.05, 4.69) is 24.8 Å². The number of unbranched alkanes of at least 4 members (excludes halogenated alkanes) is 1. The number of benzene rings is 3. The highest BCUT2D eigenvalue weighted by atomic mass is 16.5. The number of rotatable bonds is 15. The molecule has 0 radical (unpaired) electrons. The van der Waals surface area contributed by atoms with Crippen LogP contribution in [0.15, 0.2) is 75.6 Å². The second-order valence-corrected chi connectivity index (χ2v) is 10.6. The molecule has 9 heteroatoms. The van der Waals surface area contributed by atoms with Crippen molar-refractivity contribution >= 4 is 34.7 Å². The monoisotopic (exact) mass is 611 g/mol. The first-order valence-corrected chi connectivity index (χ1v) is 15.7. The third kappa shape index (κ3) is 7.90. The van der Waals surface area contributed by atoms with Crippen molar-refractivity contribution in [3.8, 4) is 17.2 Å². The third-order valence-corrected chi connectivity index (χ3v) is 7.78. The second-order valence-electron chi connectivity index (χ2n) is 10.6. The largest absolute Gasteiger partial charge is 0.496 e. The van der Waals surface area contributed by atoms with Gasteiger partial charge in [0, 0.05) is 37.0 Å². The summed E-state index contributed by atoms with van der Waals surface area (Å²) in [6.07, 6.45) is 2.03. The summed E-state index contributed by atoms with van der Waals surface area (Å²) in [6, 6.07) is 19.5. The van der Waals surface area contributed by atoms with Gasteiger partial charge in [-0.05, 0) is 82.1 Å². The van der Waals surface area contributed by atoms with Gasteiger partial charge in [0.1, 0.15) is 23.0 Å². The topological polar surface area (TPSA) is 88.3 Å². The molecule has 0 atom stereocenters. The number of amidine groups is 2. The molecule has 0 aliphatic carbocycles. The van der Waals surface area contributed by atoms with E-state index in [0.717, 1.165) is 46.7 Å². The molecule has 238 valence electrons. The van der Waals surface area contributed by atoms with Crippen LogP contribution >= 0.6 is 0 Å². The highest BCUT2D eigenvalue weighted by molar-refractivity contribution is 6.54. The van der Waals surface area contributed by atoms with E-state index in [-0.39, 0.29) is 5.91 Å². The number of carbonyl (C=O) groups excluding carboxylic acids is 1. The van der Waals surface area contributed by atoms with Crippen molar-refractivity contribution in [3.63, 3.8) is 0 Å². The van der Waals surface area contributed by atoms with Gasteiger partial charge in [0.15, 0.2) is 11.7 Å². The molecule has 1 heterocycles. The quantitative estimate of drug-likeness (QED) is 0.175. The van der Waals surface area contributed by atoms with E-state index >= 15 is 0 Å². The number of hydrogen-bond donors (Lipinski definition) is 0. The van der Waals surface area contributed by atoms with Crippen LogP contribution in [0.4, 0.5) is 11.4 Å². The minimum absolute atomic E-state index is 0.115. The van der Waals surface area contributed by atoms with Crippen molar-refractivity contribution in [1.82, 2.24) is 4.90 Å². The number of para-hydroxylation sites is 1. The molecule has 45 heavy (non-hydrogen) atoms. The van der Waals surface area contributed by atoms with Gasteiger partial charge in [-0.15, -0.1) is 0 Å². The van der Waals surface area contributed by atoms with E-state index in [1.807, 2.05) is 80.3 Å². The number of aliphatic imine (C=N–C) groups is 3. The third-order valence-electron chi connectivity index (χ3n) is 7.78. The molecule has 1 aliphatic heterocycles. The van der Waals surface area contributed by atoms with Crippen molar-refractivity contribution < 1.29 is 19.0 Å². The van der Waals surface area contributed by atoms with Crippen LogP contribution in [0.2, 0.25) is 0 Å². The molecule has 0 N–H and O–H groups in total. The zero-order chi connectivity index (χ0) is 32.3.